The highest BCUT2D eigenvalue weighted by Gasteiger charge is 2.27. The fourth-order valence-electron chi connectivity index (χ4n) is 2.29. The highest BCUT2D eigenvalue weighted by atomic mass is 16.4. The quantitative estimate of drug-likeness (QED) is 0.867. The van der Waals surface area contributed by atoms with Gasteiger partial charge in [0, 0.05) is 19.5 Å². The topological polar surface area (TPSA) is 82.8 Å². The number of aliphatic carboxylic acids is 1. The van der Waals surface area contributed by atoms with Crippen molar-refractivity contribution in [2.75, 3.05) is 13.1 Å². The summed E-state index contributed by atoms with van der Waals surface area (Å²) in [6, 6.07) is 3.51. The molecule has 1 unspecified atom stereocenters. The Bertz CT molecular complexity index is 469. The number of carboxylic acids is 1. The van der Waals surface area contributed by atoms with Crippen LogP contribution >= 0.6 is 0 Å². The molecule has 0 bridgehead atoms. The van der Waals surface area contributed by atoms with Gasteiger partial charge in [-0.25, -0.2) is 4.79 Å². The van der Waals surface area contributed by atoms with Crippen LogP contribution in [0.5, 0.6) is 0 Å². The summed E-state index contributed by atoms with van der Waals surface area (Å²) in [6.07, 6.45) is 0.876. The van der Waals surface area contributed by atoms with Crippen LogP contribution in [0, 0.1) is 12.8 Å². The molecule has 2 N–H and O–H groups in total. The van der Waals surface area contributed by atoms with Crippen LogP contribution in [0.1, 0.15) is 24.4 Å². The minimum Gasteiger partial charge on any atom is -0.481 e. The first-order chi connectivity index (χ1) is 9.04. The van der Waals surface area contributed by atoms with Crippen LogP contribution < -0.4 is 5.32 Å². The van der Waals surface area contributed by atoms with Gasteiger partial charge in [-0.3, -0.25) is 4.79 Å². The van der Waals surface area contributed by atoms with Crippen LogP contribution in [-0.4, -0.2) is 35.1 Å². The van der Waals surface area contributed by atoms with Gasteiger partial charge in [-0.15, -0.1) is 0 Å². The van der Waals surface area contributed by atoms with Crippen molar-refractivity contribution in [3.05, 3.63) is 23.7 Å². The van der Waals surface area contributed by atoms with Crippen LogP contribution in [0.2, 0.25) is 0 Å². The summed E-state index contributed by atoms with van der Waals surface area (Å²) in [7, 11) is 0. The molecule has 6 heteroatoms. The molecule has 0 spiro atoms. The molecular formula is C13H18N2O4. The number of nitrogens with one attached hydrogen (secondary N) is 1. The van der Waals surface area contributed by atoms with Crippen LogP contribution in [0.25, 0.3) is 0 Å². The molecule has 0 saturated carbocycles. The van der Waals surface area contributed by atoms with Crippen molar-refractivity contribution in [1.29, 1.82) is 0 Å². The number of urea groups is 1. The van der Waals surface area contributed by atoms with Crippen LogP contribution in [0.15, 0.2) is 16.5 Å². The lowest BCUT2D eigenvalue weighted by atomic mass is 10.1. The van der Waals surface area contributed by atoms with Gasteiger partial charge in [0.25, 0.3) is 0 Å². The molecule has 0 aromatic carbocycles. The minimum absolute atomic E-state index is 0.0640. The maximum absolute atomic E-state index is 11.9. The van der Waals surface area contributed by atoms with Gasteiger partial charge in [-0.1, -0.05) is 0 Å². The molecule has 1 aromatic heterocycles. The van der Waals surface area contributed by atoms with Gasteiger partial charge in [0.15, 0.2) is 0 Å². The zero-order valence-electron chi connectivity index (χ0n) is 10.9. The lowest BCUT2D eigenvalue weighted by Crippen LogP contribution is -2.38. The van der Waals surface area contributed by atoms with Crippen molar-refractivity contribution in [1.82, 2.24) is 10.2 Å². The second kappa shape index (κ2) is 5.77. The van der Waals surface area contributed by atoms with Gasteiger partial charge >= 0.3 is 12.0 Å². The Morgan fingerprint density at radius 2 is 2.32 bits per heavy atom. The number of nitrogens with zero attached hydrogens (tertiary/aromatic N) is 1. The van der Waals surface area contributed by atoms with Gasteiger partial charge in [-0.2, -0.15) is 0 Å². The SMILES string of the molecule is Cc1ccc(CNC(=O)N2CCC(CC(=O)O)C2)o1. The summed E-state index contributed by atoms with van der Waals surface area (Å²) in [5.74, 6) is 0.784. The molecule has 1 fully saturated rings. The molecule has 104 valence electrons. The normalized spacial score (nSPS) is 18.6. The fourth-order valence-corrected chi connectivity index (χ4v) is 2.29. The van der Waals surface area contributed by atoms with Gasteiger partial charge in [0.2, 0.25) is 0 Å². The average Bonchev–Trinajstić information content (AvgIpc) is 2.95. The zero-order valence-corrected chi connectivity index (χ0v) is 10.9. The van der Waals surface area contributed by atoms with Crippen molar-refractivity contribution in [3.8, 4) is 0 Å². The van der Waals surface area contributed by atoms with Gasteiger partial charge in [0.05, 0.1) is 6.54 Å². The molecule has 1 aromatic rings. The molecule has 1 aliphatic heterocycles. The summed E-state index contributed by atoms with van der Waals surface area (Å²) in [5, 5.41) is 11.5. The standard InChI is InChI=1S/C13H18N2O4/c1-9-2-3-11(19-9)7-14-13(18)15-5-4-10(8-15)6-12(16)17/h2-3,10H,4-8H2,1H3,(H,14,18)(H,16,17). The number of carbonyl (C=O) groups excluding carboxylic acids is 1. The monoisotopic (exact) mass is 266 g/mol. The van der Waals surface area contributed by atoms with E-state index in [9.17, 15) is 9.59 Å². The van der Waals surface area contributed by atoms with Crippen molar-refractivity contribution in [3.63, 3.8) is 0 Å². The van der Waals surface area contributed by atoms with Crippen LogP contribution in [0.4, 0.5) is 4.79 Å². The van der Waals surface area contributed by atoms with Crippen molar-refractivity contribution in [2.45, 2.75) is 26.3 Å². The Morgan fingerprint density at radius 1 is 1.53 bits per heavy atom. The molecule has 1 atom stereocenters. The highest BCUT2D eigenvalue weighted by molar-refractivity contribution is 5.74. The van der Waals surface area contributed by atoms with E-state index in [1.54, 1.807) is 4.90 Å². The number of rotatable bonds is 4. The number of carbonyl (C=O) groups is 2. The number of furan rings is 1. The molecule has 2 amide bonds. The first-order valence-corrected chi connectivity index (χ1v) is 6.34. The number of hydrogen-bond donors (Lipinski definition) is 2. The molecule has 2 rings (SSSR count). The van der Waals surface area contributed by atoms with Gasteiger partial charge in [-0.05, 0) is 31.4 Å². The van der Waals surface area contributed by atoms with Crippen molar-refractivity contribution >= 4 is 12.0 Å². The Kier molecular flexibility index (Phi) is 4.09. The largest absolute Gasteiger partial charge is 0.481 e. The molecule has 0 aliphatic carbocycles. The minimum atomic E-state index is -0.807. The number of likely N-dealkylation sites (tertiary alicyclic amines) is 1. The van der Waals surface area contributed by atoms with Gasteiger partial charge in [0.1, 0.15) is 11.5 Å². The smallest absolute Gasteiger partial charge is 0.317 e. The first kappa shape index (κ1) is 13.5. The lowest BCUT2D eigenvalue weighted by molar-refractivity contribution is -0.138. The number of amides is 2. The molecule has 6 nitrogen and oxygen atoms in total. The van der Waals surface area contributed by atoms with E-state index in [-0.39, 0.29) is 18.4 Å². The third-order valence-electron chi connectivity index (χ3n) is 3.25. The molecular weight excluding hydrogens is 248 g/mol. The van der Waals surface area contributed by atoms with E-state index in [2.05, 4.69) is 5.32 Å². The summed E-state index contributed by atoms with van der Waals surface area (Å²) < 4.78 is 5.36. The second-order valence-electron chi connectivity index (χ2n) is 4.87. The Morgan fingerprint density at radius 3 is 2.95 bits per heavy atom. The lowest BCUT2D eigenvalue weighted by Gasteiger charge is -2.16. The summed E-state index contributed by atoms with van der Waals surface area (Å²) >= 11 is 0. The maximum atomic E-state index is 11.9. The fraction of sp³-hybridized carbons (Fsp3) is 0.538. The maximum Gasteiger partial charge on any atom is 0.317 e. The number of hydrogen-bond acceptors (Lipinski definition) is 3. The Balaban J connectivity index is 1.76. The predicted molar refractivity (Wildman–Crippen MR) is 67.6 cm³/mol. The van der Waals surface area contributed by atoms with E-state index in [0.717, 1.165) is 12.2 Å². The molecule has 1 saturated heterocycles. The summed E-state index contributed by atoms with van der Waals surface area (Å²) in [5.41, 5.74) is 0. The zero-order chi connectivity index (χ0) is 13.8. The first-order valence-electron chi connectivity index (χ1n) is 6.34. The van der Waals surface area contributed by atoms with E-state index in [1.165, 1.54) is 0 Å². The van der Waals surface area contributed by atoms with Gasteiger partial charge < -0.3 is 19.7 Å². The van der Waals surface area contributed by atoms with E-state index in [1.807, 2.05) is 19.1 Å². The predicted octanol–water partition coefficient (Wildman–Crippen LogP) is 1.59. The van der Waals surface area contributed by atoms with Crippen LogP contribution in [-0.2, 0) is 11.3 Å². The van der Waals surface area contributed by atoms with Crippen molar-refractivity contribution in [2.24, 2.45) is 5.92 Å². The number of carboxylic acid groups (broad SMARTS) is 1. The number of aryl methyl sites for hydroxylation is 1. The Labute approximate surface area is 111 Å². The van der Waals surface area contributed by atoms with Crippen molar-refractivity contribution < 1.29 is 19.1 Å². The van der Waals surface area contributed by atoms with Crippen LogP contribution in [0.3, 0.4) is 0 Å². The molecule has 0 radical (unpaired) electrons. The average molecular weight is 266 g/mol. The molecule has 2 heterocycles. The molecule has 1 aliphatic rings. The third kappa shape index (κ3) is 3.74. The molecule has 19 heavy (non-hydrogen) atoms. The summed E-state index contributed by atoms with van der Waals surface area (Å²) in [6.45, 7) is 3.32. The summed E-state index contributed by atoms with van der Waals surface area (Å²) in [4.78, 5) is 24.2. The van der Waals surface area contributed by atoms with E-state index in [4.69, 9.17) is 9.52 Å². The van der Waals surface area contributed by atoms with E-state index >= 15 is 0 Å². The third-order valence-corrected chi connectivity index (χ3v) is 3.25. The van der Waals surface area contributed by atoms with E-state index in [0.29, 0.717) is 25.4 Å². The second-order valence-corrected chi connectivity index (χ2v) is 4.87. The van der Waals surface area contributed by atoms with E-state index < -0.39 is 5.97 Å². The Hall–Kier alpha value is -1.98. The highest BCUT2D eigenvalue weighted by Crippen LogP contribution is 2.19.